The normalized spacial score (nSPS) is 11.3. The molecule has 0 fully saturated rings. The molecule has 0 bridgehead atoms. The number of hydrogen-bond donors (Lipinski definition) is 1. The number of amides is 1. The fourth-order valence-corrected chi connectivity index (χ4v) is 5.13. The number of halogens is 2. The Hall–Kier alpha value is -2.54. The second-order valence-corrected chi connectivity index (χ2v) is 9.94. The van der Waals surface area contributed by atoms with E-state index in [1.54, 1.807) is 36.4 Å². The molecule has 5 nitrogen and oxygen atoms in total. The Morgan fingerprint density at radius 2 is 1.48 bits per heavy atom. The number of carbonyl (C=O) groups is 1. The lowest BCUT2D eigenvalue weighted by molar-refractivity contribution is -0.114. The van der Waals surface area contributed by atoms with E-state index in [9.17, 15) is 13.2 Å². The van der Waals surface area contributed by atoms with Gasteiger partial charge in [0.2, 0.25) is 5.91 Å². The topological polar surface area (TPSA) is 66.5 Å². The molecule has 0 heterocycles. The van der Waals surface area contributed by atoms with Gasteiger partial charge in [-0.1, -0.05) is 64.7 Å². The van der Waals surface area contributed by atoms with Crippen LogP contribution in [0, 0.1) is 20.8 Å². The van der Waals surface area contributed by atoms with Crippen LogP contribution in [0.3, 0.4) is 0 Å². The second kappa shape index (κ2) is 9.30. The fraction of sp³-hybridized carbons (Fsp3) is 0.174. The molecule has 0 aliphatic heterocycles. The molecule has 0 saturated carbocycles. The largest absolute Gasteiger partial charge is 0.322 e. The number of anilines is 2. The summed E-state index contributed by atoms with van der Waals surface area (Å²) in [5.74, 6) is -0.564. The van der Waals surface area contributed by atoms with Gasteiger partial charge in [0.1, 0.15) is 6.54 Å². The molecule has 0 aliphatic carbocycles. The lowest BCUT2D eigenvalue weighted by Crippen LogP contribution is -2.38. The average molecular weight is 477 g/mol. The predicted octanol–water partition coefficient (Wildman–Crippen LogP) is 5.75. The van der Waals surface area contributed by atoms with Gasteiger partial charge in [-0.3, -0.25) is 9.10 Å². The van der Waals surface area contributed by atoms with Crippen molar-refractivity contribution in [1.29, 1.82) is 0 Å². The Morgan fingerprint density at radius 3 is 2.06 bits per heavy atom. The van der Waals surface area contributed by atoms with Gasteiger partial charge >= 0.3 is 0 Å². The third kappa shape index (κ3) is 5.21. The minimum absolute atomic E-state index is 0.0988. The number of aryl methyl sites for hydroxylation is 3. The fourth-order valence-electron chi connectivity index (χ4n) is 3.15. The molecule has 0 saturated heterocycles. The third-order valence-corrected chi connectivity index (χ3v) is 7.15. The molecule has 8 heteroatoms. The van der Waals surface area contributed by atoms with Crippen molar-refractivity contribution in [3.63, 3.8) is 0 Å². The van der Waals surface area contributed by atoms with Crippen LogP contribution < -0.4 is 9.62 Å². The van der Waals surface area contributed by atoms with Gasteiger partial charge in [0, 0.05) is 0 Å². The van der Waals surface area contributed by atoms with Gasteiger partial charge in [0.25, 0.3) is 10.0 Å². The number of para-hydroxylation sites is 1. The molecule has 1 amide bonds. The molecular weight excluding hydrogens is 455 g/mol. The minimum Gasteiger partial charge on any atom is -0.322 e. The zero-order valence-electron chi connectivity index (χ0n) is 17.3. The first-order chi connectivity index (χ1) is 14.6. The molecular formula is C23H22Cl2N2O3S. The summed E-state index contributed by atoms with van der Waals surface area (Å²) in [6.07, 6.45) is 0. The molecule has 31 heavy (non-hydrogen) atoms. The van der Waals surface area contributed by atoms with E-state index in [1.807, 2.05) is 32.9 Å². The highest BCUT2D eigenvalue weighted by Crippen LogP contribution is 2.31. The molecule has 1 N–H and O–H groups in total. The Bertz CT molecular complexity index is 1210. The van der Waals surface area contributed by atoms with Crippen LogP contribution >= 0.6 is 23.2 Å². The number of sulfonamides is 1. The van der Waals surface area contributed by atoms with Crippen molar-refractivity contribution < 1.29 is 13.2 Å². The molecule has 0 radical (unpaired) electrons. The summed E-state index contributed by atoms with van der Waals surface area (Å²) in [5, 5.41) is 3.16. The second-order valence-electron chi connectivity index (χ2n) is 7.26. The van der Waals surface area contributed by atoms with Crippen LogP contribution in [0.1, 0.15) is 16.7 Å². The number of carbonyl (C=O) groups excluding carboxylic acids is 1. The Morgan fingerprint density at radius 1 is 0.903 bits per heavy atom. The highest BCUT2D eigenvalue weighted by molar-refractivity contribution is 7.92. The maximum atomic E-state index is 13.5. The van der Waals surface area contributed by atoms with E-state index in [-0.39, 0.29) is 20.6 Å². The van der Waals surface area contributed by atoms with Crippen LogP contribution in [0.25, 0.3) is 0 Å². The van der Waals surface area contributed by atoms with E-state index in [1.165, 1.54) is 12.1 Å². The molecule has 3 aromatic carbocycles. The summed E-state index contributed by atoms with van der Waals surface area (Å²) >= 11 is 12.3. The van der Waals surface area contributed by atoms with Crippen LogP contribution in [-0.2, 0) is 14.8 Å². The maximum Gasteiger partial charge on any atom is 0.264 e. The van der Waals surface area contributed by atoms with Crippen molar-refractivity contribution in [2.75, 3.05) is 16.2 Å². The summed E-state index contributed by atoms with van der Waals surface area (Å²) < 4.78 is 28.1. The van der Waals surface area contributed by atoms with Gasteiger partial charge in [-0.15, -0.1) is 0 Å². The van der Waals surface area contributed by atoms with Crippen LogP contribution in [0.15, 0.2) is 65.6 Å². The Balaban J connectivity index is 2.02. The monoisotopic (exact) mass is 476 g/mol. The zero-order valence-corrected chi connectivity index (χ0v) is 19.6. The highest BCUT2D eigenvalue weighted by Gasteiger charge is 2.28. The maximum absolute atomic E-state index is 13.5. The molecule has 0 aromatic heterocycles. The van der Waals surface area contributed by atoms with E-state index < -0.39 is 22.5 Å². The lowest BCUT2D eigenvalue weighted by atomic mass is 10.1. The van der Waals surface area contributed by atoms with Crippen molar-refractivity contribution in [2.24, 2.45) is 0 Å². The van der Waals surface area contributed by atoms with Gasteiger partial charge in [0.15, 0.2) is 0 Å². The summed E-state index contributed by atoms with van der Waals surface area (Å²) in [7, 11) is -4.01. The van der Waals surface area contributed by atoms with Gasteiger partial charge in [-0.2, -0.15) is 0 Å². The van der Waals surface area contributed by atoms with Gasteiger partial charge in [-0.05, 0) is 56.7 Å². The smallest absolute Gasteiger partial charge is 0.264 e. The third-order valence-electron chi connectivity index (χ3n) is 4.74. The molecule has 0 atom stereocenters. The van der Waals surface area contributed by atoms with Gasteiger partial charge in [0.05, 0.1) is 26.3 Å². The standard InChI is InChI=1S/C23H22Cl2N2O3S/c1-15-7-10-18(11-8-15)31(29,30)27(21-12-9-16(2)13-17(21)3)14-22(28)26-23-19(24)5-4-6-20(23)25/h4-13H,14H2,1-3H3,(H,26,28). The first kappa shape index (κ1) is 23.1. The van der Waals surface area contributed by atoms with E-state index in [0.29, 0.717) is 5.69 Å². The number of hydrogen-bond acceptors (Lipinski definition) is 3. The Kier molecular flexibility index (Phi) is 6.94. The van der Waals surface area contributed by atoms with Gasteiger partial charge < -0.3 is 5.32 Å². The minimum atomic E-state index is -4.01. The first-order valence-electron chi connectivity index (χ1n) is 9.50. The summed E-state index contributed by atoms with van der Waals surface area (Å²) in [4.78, 5) is 13.0. The first-order valence-corrected chi connectivity index (χ1v) is 11.7. The average Bonchev–Trinajstić information content (AvgIpc) is 2.70. The number of nitrogens with one attached hydrogen (secondary N) is 1. The predicted molar refractivity (Wildman–Crippen MR) is 127 cm³/mol. The van der Waals surface area contributed by atoms with Crippen molar-refractivity contribution in [1.82, 2.24) is 0 Å². The quantitative estimate of drug-likeness (QED) is 0.492. The van der Waals surface area contributed by atoms with Crippen LogP contribution in [-0.4, -0.2) is 20.9 Å². The van der Waals surface area contributed by atoms with E-state index >= 15 is 0 Å². The molecule has 0 unspecified atom stereocenters. The summed E-state index contributed by atoms with van der Waals surface area (Å²) in [6.45, 7) is 5.16. The number of benzene rings is 3. The molecule has 0 spiro atoms. The van der Waals surface area contributed by atoms with E-state index in [4.69, 9.17) is 23.2 Å². The lowest BCUT2D eigenvalue weighted by Gasteiger charge is -2.26. The molecule has 0 aliphatic rings. The van der Waals surface area contributed by atoms with Crippen molar-refractivity contribution in [3.8, 4) is 0 Å². The highest BCUT2D eigenvalue weighted by atomic mass is 35.5. The number of rotatable bonds is 6. The zero-order chi connectivity index (χ0) is 22.8. The van der Waals surface area contributed by atoms with E-state index in [2.05, 4.69) is 5.32 Å². The number of nitrogens with zero attached hydrogens (tertiary/aromatic N) is 1. The van der Waals surface area contributed by atoms with Crippen molar-refractivity contribution in [2.45, 2.75) is 25.7 Å². The van der Waals surface area contributed by atoms with Crippen molar-refractivity contribution in [3.05, 3.63) is 87.4 Å². The summed E-state index contributed by atoms with van der Waals surface area (Å²) in [5.41, 5.74) is 3.32. The van der Waals surface area contributed by atoms with Crippen LogP contribution in [0.4, 0.5) is 11.4 Å². The van der Waals surface area contributed by atoms with E-state index in [0.717, 1.165) is 21.0 Å². The van der Waals surface area contributed by atoms with Gasteiger partial charge in [-0.25, -0.2) is 8.42 Å². The van der Waals surface area contributed by atoms with Crippen LogP contribution in [0.5, 0.6) is 0 Å². The van der Waals surface area contributed by atoms with Crippen molar-refractivity contribution >= 4 is 50.5 Å². The van der Waals surface area contributed by atoms with Crippen LogP contribution in [0.2, 0.25) is 10.0 Å². The molecule has 162 valence electrons. The molecule has 3 aromatic rings. The molecule has 3 rings (SSSR count). The Labute approximate surface area is 192 Å². The SMILES string of the molecule is Cc1ccc(S(=O)(=O)N(CC(=O)Nc2c(Cl)cccc2Cl)c2ccc(C)cc2C)cc1. The summed E-state index contributed by atoms with van der Waals surface area (Å²) in [6, 6.07) is 16.7.